The fraction of sp³-hybridized carbons (Fsp3) is 0.167. The smallest absolute Gasteiger partial charge is 0.356 e. The van der Waals surface area contributed by atoms with E-state index in [1.165, 1.54) is 20.3 Å². The first-order valence-corrected chi connectivity index (χ1v) is 6.16. The van der Waals surface area contributed by atoms with Gasteiger partial charge in [-0.1, -0.05) is 27.5 Å². The van der Waals surface area contributed by atoms with E-state index in [2.05, 4.69) is 25.7 Å². The van der Waals surface area contributed by atoms with Crippen LogP contribution in [0.15, 0.2) is 22.7 Å². The normalized spacial score (nSPS) is 10.4. The molecule has 1 aromatic carbocycles. The third-order valence-electron chi connectivity index (χ3n) is 2.44. The van der Waals surface area contributed by atoms with Gasteiger partial charge in [0.2, 0.25) is 0 Å². The molecule has 18 heavy (non-hydrogen) atoms. The number of aromatic nitrogens is 1. The molecule has 0 fully saturated rings. The van der Waals surface area contributed by atoms with Gasteiger partial charge >= 0.3 is 5.97 Å². The monoisotopic (exact) mass is 329 g/mol. The highest BCUT2D eigenvalue weighted by Crippen LogP contribution is 2.35. The lowest BCUT2D eigenvalue weighted by Crippen LogP contribution is -2.05. The molecule has 1 heterocycles. The van der Waals surface area contributed by atoms with Crippen molar-refractivity contribution in [2.75, 3.05) is 14.2 Å². The summed E-state index contributed by atoms with van der Waals surface area (Å²) in [6.45, 7) is 0. The summed E-state index contributed by atoms with van der Waals surface area (Å²) in [6.07, 6.45) is 0. The zero-order chi connectivity index (χ0) is 13.3. The van der Waals surface area contributed by atoms with Crippen molar-refractivity contribution >= 4 is 44.4 Å². The van der Waals surface area contributed by atoms with Gasteiger partial charge in [0.1, 0.15) is 11.3 Å². The first-order valence-electron chi connectivity index (χ1n) is 4.99. The average Bonchev–Trinajstić information content (AvgIpc) is 2.37. The average molecular weight is 331 g/mol. The van der Waals surface area contributed by atoms with Gasteiger partial charge in [-0.2, -0.15) is 0 Å². The van der Waals surface area contributed by atoms with Gasteiger partial charge in [0.05, 0.1) is 19.2 Å². The Kier molecular flexibility index (Phi) is 3.73. The largest absolute Gasteiger partial charge is 0.494 e. The van der Waals surface area contributed by atoms with E-state index in [0.29, 0.717) is 21.7 Å². The molecule has 0 saturated heterocycles. The van der Waals surface area contributed by atoms with Gasteiger partial charge in [-0.3, -0.25) is 0 Å². The molecule has 0 aliphatic rings. The SMILES string of the molecule is COC(=O)c1cc(Cl)c2c(Br)ccc(OC)c2n1. The molecule has 4 nitrogen and oxygen atoms in total. The molecule has 94 valence electrons. The number of hydrogen-bond donors (Lipinski definition) is 0. The Morgan fingerprint density at radius 2 is 2.11 bits per heavy atom. The number of carbonyl (C=O) groups excluding carboxylic acids is 1. The minimum Gasteiger partial charge on any atom is -0.494 e. The van der Waals surface area contributed by atoms with Crippen molar-refractivity contribution in [3.63, 3.8) is 0 Å². The van der Waals surface area contributed by atoms with E-state index >= 15 is 0 Å². The Morgan fingerprint density at radius 1 is 1.39 bits per heavy atom. The van der Waals surface area contributed by atoms with Gasteiger partial charge in [0.25, 0.3) is 0 Å². The van der Waals surface area contributed by atoms with E-state index in [-0.39, 0.29) is 5.69 Å². The van der Waals surface area contributed by atoms with Crippen LogP contribution in [-0.2, 0) is 4.74 Å². The molecule has 0 saturated carbocycles. The summed E-state index contributed by atoms with van der Waals surface area (Å²) in [6, 6.07) is 5.03. The van der Waals surface area contributed by atoms with Crippen LogP contribution in [0.4, 0.5) is 0 Å². The van der Waals surface area contributed by atoms with Crippen LogP contribution in [0, 0.1) is 0 Å². The third-order valence-corrected chi connectivity index (χ3v) is 3.40. The molecule has 0 bridgehead atoms. The predicted octanol–water partition coefficient (Wildman–Crippen LogP) is 3.45. The Hall–Kier alpha value is -1.33. The van der Waals surface area contributed by atoms with Gasteiger partial charge in [0, 0.05) is 9.86 Å². The highest BCUT2D eigenvalue weighted by atomic mass is 79.9. The van der Waals surface area contributed by atoms with Crippen molar-refractivity contribution < 1.29 is 14.3 Å². The van der Waals surface area contributed by atoms with Crippen molar-refractivity contribution in [2.24, 2.45) is 0 Å². The highest BCUT2D eigenvalue weighted by molar-refractivity contribution is 9.10. The standard InChI is InChI=1S/C12H9BrClNO3/c1-17-9-4-3-6(13)10-7(14)5-8(12(16)18-2)15-11(9)10/h3-5H,1-2H3. The molecule has 0 spiro atoms. The Morgan fingerprint density at radius 3 is 2.72 bits per heavy atom. The first kappa shape index (κ1) is 13.1. The first-order chi connectivity index (χ1) is 8.58. The van der Waals surface area contributed by atoms with Crippen molar-refractivity contribution in [1.82, 2.24) is 4.98 Å². The molecule has 0 amide bonds. The van der Waals surface area contributed by atoms with Crippen molar-refractivity contribution in [3.05, 3.63) is 33.4 Å². The number of fused-ring (bicyclic) bond motifs is 1. The zero-order valence-corrected chi connectivity index (χ0v) is 12.0. The van der Waals surface area contributed by atoms with E-state index < -0.39 is 5.97 Å². The van der Waals surface area contributed by atoms with Crippen molar-refractivity contribution in [1.29, 1.82) is 0 Å². The number of hydrogen-bond acceptors (Lipinski definition) is 4. The maximum absolute atomic E-state index is 11.5. The van der Waals surface area contributed by atoms with Crippen LogP contribution in [-0.4, -0.2) is 25.2 Å². The van der Waals surface area contributed by atoms with Crippen LogP contribution in [0.1, 0.15) is 10.5 Å². The summed E-state index contributed by atoms with van der Waals surface area (Å²) < 4.78 is 10.6. The van der Waals surface area contributed by atoms with Crippen LogP contribution in [0.3, 0.4) is 0 Å². The number of carbonyl (C=O) groups is 1. The second-order valence-corrected chi connectivity index (χ2v) is 4.72. The number of pyridine rings is 1. The molecular formula is C12H9BrClNO3. The molecular weight excluding hydrogens is 321 g/mol. The lowest BCUT2D eigenvalue weighted by atomic mass is 10.2. The Bertz CT molecular complexity index is 630. The van der Waals surface area contributed by atoms with Gasteiger partial charge in [-0.05, 0) is 18.2 Å². The molecule has 0 N–H and O–H groups in total. The lowest BCUT2D eigenvalue weighted by Gasteiger charge is -2.09. The predicted molar refractivity (Wildman–Crippen MR) is 72.3 cm³/mol. The molecule has 0 radical (unpaired) electrons. The fourth-order valence-electron chi connectivity index (χ4n) is 1.60. The maximum Gasteiger partial charge on any atom is 0.356 e. The summed E-state index contributed by atoms with van der Waals surface area (Å²) in [5, 5.41) is 1.11. The van der Waals surface area contributed by atoms with Crippen LogP contribution < -0.4 is 4.74 Å². The third kappa shape index (κ3) is 2.15. The minimum absolute atomic E-state index is 0.145. The van der Waals surface area contributed by atoms with E-state index in [1.807, 2.05) is 6.07 Å². The number of esters is 1. The minimum atomic E-state index is -0.541. The van der Waals surface area contributed by atoms with E-state index in [9.17, 15) is 4.79 Å². The van der Waals surface area contributed by atoms with E-state index in [0.717, 1.165) is 4.47 Å². The van der Waals surface area contributed by atoms with Crippen molar-refractivity contribution in [3.8, 4) is 5.75 Å². The van der Waals surface area contributed by atoms with Crippen LogP contribution in [0.5, 0.6) is 5.75 Å². The number of halogens is 2. The fourth-order valence-corrected chi connectivity index (χ4v) is 2.55. The molecule has 0 aliphatic carbocycles. The van der Waals surface area contributed by atoms with Gasteiger partial charge < -0.3 is 9.47 Å². The second kappa shape index (κ2) is 5.12. The molecule has 1 aromatic heterocycles. The quantitative estimate of drug-likeness (QED) is 0.791. The summed E-state index contributed by atoms with van der Waals surface area (Å²) in [5.74, 6) is 0.00156. The summed E-state index contributed by atoms with van der Waals surface area (Å²) in [4.78, 5) is 15.7. The van der Waals surface area contributed by atoms with E-state index in [1.54, 1.807) is 6.07 Å². The van der Waals surface area contributed by atoms with Crippen molar-refractivity contribution in [2.45, 2.75) is 0 Å². The van der Waals surface area contributed by atoms with Crippen LogP contribution in [0.2, 0.25) is 5.02 Å². The zero-order valence-electron chi connectivity index (χ0n) is 9.66. The summed E-state index contributed by atoms with van der Waals surface area (Å²) in [7, 11) is 2.82. The van der Waals surface area contributed by atoms with Crippen LogP contribution in [0.25, 0.3) is 10.9 Å². The number of nitrogens with zero attached hydrogens (tertiary/aromatic N) is 1. The Labute approximate surface area is 117 Å². The molecule has 0 unspecified atom stereocenters. The maximum atomic E-state index is 11.5. The molecule has 0 atom stereocenters. The molecule has 6 heteroatoms. The molecule has 2 rings (SSSR count). The number of ether oxygens (including phenoxy) is 2. The lowest BCUT2D eigenvalue weighted by molar-refractivity contribution is 0.0594. The molecule has 2 aromatic rings. The van der Waals surface area contributed by atoms with E-state index in [4.69, 9.17) is 16.3 Å². The summed E-state index contributed by atoms with van der Waals surface area (Å²) in [5.41, 5.74) is 0.658. The van der Waals surface area contributed by atoms with Gasteiger partial charge in [-0.25, -0.2) is 9.78 Å². The summed E-state index contributed by atoms with van der Waals surface area (Å²) >= 11 is 9.56. The highest BCUT2D eigenvalue weighted by Gasteiger charge is 2.16. The molecule has 0 aliphatic heterocycles. The topological polar surface area (TPSA) is 48.4 Å². The number of rotatable bonds is 2. The van der Waals surface area contributed by atoms with Gasteiger partial charge in [-0.15, -0.1) is 0 Å². The van der Waals surface area contributed by atoms with Crippen LogP contribution >= 0.6 is 27.5 Å². The van der Waals surface area contributed by atoms with Gasteiger partial charge in [0.15, 0.2) is 5.69 Å². The second-order valence-electron chi connectivity index (χ2n) is 3.45. The Balaban J connectivity index is 2.81. The number of methoxy groups -OCH3 is 2. The number of benzene rings is 1.